The van der Waals surface area contributed by atoms with Crippen LogP contribution in [0.2, 0.25) is 10.0 Å². The number of hydrogen-bond donors (Lipinski definition) is 0. The van der Waals surface area contributed by atoms with Gasteiger partial charge in [-0.1, -0.05) is 35.4 Å². The minimum Gasteiger partial charge on any atom is -0.455 e. The van der Waals surface area contributed by atoms with E-state index in [1.807, 2.05) is 0 Å². The Labute approximate surface area is 177 Å². The summed E-state index contributed by atoms with van der Waals surface area (Å²) in [4.78, 5) is 25.9. The minimum atomic E-state index is -0.251. The average Bonchev–Trinajstić information content (AvgIpc) is 3.34. The number of hydrogen-bond acceptors (Lipinski definition) is 4. The Kier molecular flexibility index (Phi) is 3.66. The van der Waals surface area contributed by atoms with E-state index < -0.39 is 0 Å². The summed E-state index contributed by atoms with van der Waals surface area (Å²) in [5.74, 6) is 1.64. The third-order valence-corrected chi connectivity index (χ3v) is 7.31. The number of nitrogens with zero attached hydrogens (tertiary/aromatic N) is 2. The third kappa shape index (κ3) is 2.50. The zero-order valence-corrected chi connectivity index (χ0v) is 16.7. The topological polar surface area (TPSA) is 62.9 Å². The zero-order valence-electron chi connectivity index (χ0n) is 15.2. The summed E-state index contributed by atoms with van der Waals surface area (Å²) in [6.45, 7) is 0. The average molecular weight is 427 g/mol. The molecule has 7 rings (SSSR count). The highest BCUT2D eigenvalue weighted by molar-refractivity contribution is 6.36. The van der Waals surface area contributed by atoms with Gasteiger partial charge in [0.2, 0.25) is 0 Å². The molecule has 1 aromatic heterocycles. The number of amides is 2. The summed E-state index contributed by atoms with van der Waals surface area (Å²) in [7, 11) is 0. The number of furan rings is 1. The van der Waals surface area contributed by atoms with Crippen LogP contribution in [-0.2, 0) is 9.59 Å². The molecule has 5 aliphatic rings. The first-order chi connectivity index (χ1) is 14.0. The van der Waals surface area contributed by atoms with Gasteiger partial charge < -0.3 is 4.42 Å². The highest BCUT2D eigenvalue weighted by Crippen LogP contribution is 2.65. The van der Waals surface area contributed by atoms with E-state index in [-0.39, 0.29) is 35.5 Å². The SMILES string of the molecule is O=C1[C@H]2[C@@H]3C=C[C@H]([C@H]4C[C@H]34)[C@@H]2C(=O)N1/N=C/c1ccc(-c2ccc(Cl)cc2Cl)o1. The van der Waals surface area contributed by atoms with Crippen molar-refractivity contribution in [3.05, 3.63) is 58.3 Å². The van der Waals surface area contributed by atoms with E-state index in [4.69, 9.17) is 27.6 Å². The second kappa shape index (κ2) is 6.07. The summed E-state index contributed by atoms with van der Waals surface area (Å²) >= 11 is 12.2. The van der Waals surface area contributed by atoms with Crippen LogP contribution in [0.1, 0.15) is 12.2 Å². The van der Waals surface area contributed by atoms with Crippen LogP contribution in [0.15, 0.2) is 52.0 Å². The van der Waals surface area contributed by atoms with E-state index in [9.17, 15) is 9.59 Å². The maximum atomic E-state index is 12.9. The fraction of sp³-hybridized carbons (Fsp3) is 0.318. The fourth-order valence-electron chi connectivity index (χ4n) is 5.43. The molecular formula is C22H16Cl2N2O3. The van der Waals surface area contributed by atoms with Gasteiger partial charge in [0.05, 0.1) is 23.1 Å². The zero-order chi connectivity index (χ0) is 19.9. The maximum Gasteiger partial charge on any atom is 0.254 e. The van der Waals surface area contributed by atoms with Gasteiger partial charge in [-0.15, -0.1) is 0 Å². The molecule has 2 aromatic rings. The molecule has 0 spiro atoms. The Hall–Kier alpha value is -2.37. The molecule has 2 amide bonds. The predicted molar refractivity (Wildman–Crippen MR) is 108 cm³/mol. The number of carbonyl (C=O) groups is 2. The van der Waals surface area contributed by atoms with Gasteiger partial charge in [0.1, 0.15) is 11.5 Å². The van der Waals surface area contributed by atoms with E-state index in [1.54, 1.807) is 30.3 Å². The normalized spacial score (nSPS) is 34.2. The lowest BCUT2D eigenvalue weighted by molar-refractivity contribution is -0.140. The molecule has 1 saturated heterocycles. The number of allylic oxidation sites excluding steroid dienone is 2. The number of rotatable bonds is 3. The first kappa shape index (κ1) is 17.5. The lowest BCUT2D eigenvalue weighted by Crippen LogP contribution is -2.40. The van der Waals surface area contributed by atoms with Crippen LogP contribution in [0.25, 0.3) is 11.3 Å². The van der Waals surface area contributed by atoms with Crippen molar-refractivity contribution in [3.8, 4) is 11.3 Å². The number of halogens is 2. The van der Waals surface area contributed by atoms with Gasteiger partial charge in [0.25, 0.3) is 11.8 Å². The van der Waals surface area contributed by atoms with E-state index in [0.29, 0.717) is 39.0 Å². The van der Waals surface area contributed by atoms with Crippen LogP contribution < -0.4 is 0 Å². The lowest BCUT2D eigenvalue weighted by atomic mass is 9.63. The molecule has 1 aliphatic heterocycles. The van der Waals surface area contributed by atoms with Crippen LogP contribution in [0.4, 0.5) is 0 Å². The van der Waals surface area contributed by atoms with E-state index in [0.717, 1.165) is 11.4 Å². The van der Waals surface area contributed by atoms with Gasteiger partial charge >= 0.3 is 0 Å². The van der Waals surface area contributed by atoms with Crippen molar-refractivity contribution in [2.75, 3.05) is 0 Å². The van der Waals surface area contributed by atoms with Crippen LogP contribution in [-0.4, -0.2) is 23.0 Å². The first-order valence-electron chi connectivity index (χ1n) is 9.68. The predicted octanol–water partition coefficient (Wildman–Crippen LogP) is 4.64. The van der Waals surface area contributed by atoms with Gasteiger partial charge in [-0.2, -0.15) is 10.1 Å². The molecule has 4 aliphatic carbocycles. The van der Waals surface area contributed by atoms with Crippen molar-refractivity contribution < 1.29 is 14.0 Å². The second-order valence-corrected chi connectivity index (χ2v) is 9.06. The van der Waals surface area contributed by atoms with E-state index >= 15 is 0 Å². The Morgan fingerprint density at radius 1 is 1.00 bits per heavy atom. The van der Waals surface area contributed by atoms with Crippen LogP contribution >= 0.6 is 23.2 Å². The Bertz CT molecular complexity index is 1090. The highest BCUT2D eigenvalue weighted by Gasteiger charge is 2.67. The lowest BCUT2D eigenvalue weighted by Gasteiger charge is -2.37. The van der Waals surface area contributed by atoms with Gasteiger partial charge in [0.15, 0.2) is 0 Å². The Morgan fingerprint density at radius 2 is 1.69 bits per heavy atom. The second-order valence-electron chi connectivity index (χ2n) is 8.21. The Balaban J connectivity index is 1.25. The van der Waals surface area contributed by atoms with Crippen LogP contribution in [0.3, 0.4) is 0 Å². The molecule has 0 unspecified atom stereocenters. The van der Waals surface area contributed by atoms with Gasteiger partial charge in [-0.05, 0) is 60.4 Å². The molecule has 2 bridgehead atoms. The molecule has 1 aromatic carbocycles. The summed E-state index contributed by atoms with van der Waals surface area (Å²) < 4.78 is 5.78. The van der Waals surface area contributed by atoms with Crippen molar-refractivity contribution in [1.82, 2.24) is 5.01 Å². The standard InChI is InChI=1S/C22H16Cl2N2O3/c23-10-1-3-14(17(24)7-10)18-6-2-11(29-18)9-25-26-21(27)19-12-4-5-13(16-8-15(12)16)20(19)22(26)28/h1-7,9,12-13,15-16,19-20H,8H2/b25-9+/t12-,13-,15-,16-,19+,20+/m1/s1. The summed E-state index contributed by atoms with van der Waals surface area (Å²) in [6, 6.07) is 8.64. The monoisotopic (exact) mass is 426 g/mol. The van der Waals surface area contributed by atoms with Crippen molar-refractivity contribution >= 4 is 41.2 Å². The molecule has 2 saturated carbocycles. The molecular weight excluding hydrogens is 411 g/mol. The minimum absolute atomic E-state index is 0.187. The number of benzene rings is 1. The number of hydrazone groups is 1. The largest absolute Gasteiger partial charge is 0.455 e. The molecule has 7 heteroatoms. The quantitative estimate of drug-likeness (QED) is 0.407. The molecule has 29 heavy (non-hydrogen) atoms. The summed E-state index contributed by atoms with van der Waals surface area (Å²) in [6.07, 6.45) is 6.85. The van der Waals surface area contributed by atoms with Crippen molar-refractivity contribution in [3.63, 3.8) is 0 Å². The van der Waals surface area contributed by atoms with Crippen molar-refractivity contribution in [1.29, 1.82) is 0 Å². The molecule has 3 fully saturated rings. The summed E-state index contributed by atoms with van der Waals surface area (Å²) in [5, 5.41) is 6.26. The Morgan fingerprint density at radius 3 is 2.34 bits per heavy atom. The van der Waals surface area contributed by atoms with Crippen LogP contribution in [0.5, 0.6) is 0 Å². The van der Waals surface area contributed by atoms with Gasteiger partial charge in [0, 0.05) is 10.6 Å². The molecule has 0 N–H and O–H groups in total. The van der Waals surface area contributed by atoms with Crippen molar-refractivity contribution in [2.45, 2.75) is 6.42 Å². The van der Waals surface area contributed by atoms with Crippen molar-refractivity contribution in [2.24, 2.45) is 40.6 Å². The molecule has 0 radical (unpaired) electrons. The number of imide groups is 1. The molecule has 146 valence electrons. The van der Waals surface area contributed by atoms with E-state index in [2.05, 4.69) is 17.3 Å². The molecule has 5 nitrogen and oxygen atoms in total. The number of carbonyl (C=O) groups excluding carboxylic acids is 2. The fourth-order valence-corrected chi connectivity index (χ4v) is 5.93. The highest BCUT2D eigenvalue weighted by atomic mass is 35.5. The summed E-state index contributed by atoms with van der Waals surface area (Å²) in [5.41, 5.74) is 0.705. The smallest absolute Gasteiger partial charge is 0.254 e. The third-order valence-electron chi connectivity index (χ3n) is 6.76. The molecule has 2 heterocycles. The van der Waals surface area contributed by atoms with Gasteiger partial charge in [-0.25, -0.2) is 0 Å². The van der Waals surface area contributed by atoms with Crippen LogP contribution in [0, 0.1) is 35.5 Å². The maximum absolute atomic E-state index is 12.9. The first-order valence-corrected chi connectivity index (χ1v) is 10.4. The van der Waals surface area contributed by atoms with E-state index in [1.165, 1.54) is 6.21 Å². The molecule has 6 atom stereocenters. The van der Waals surface area contributed by atoms with Gasteiger partial charge in [-0.3, -0.25) is 9.59 Å².